The van der Waals surface area contributed by atoms with Crippen molar-refractivity contribution in [2.45, 2.75) is 70.9 Å². The number of carbonyl (C=O) groups is 1. The van der Waals surface area contributed by atoms with Gasteiger partial charge < -0.3 is 11.1 Å². The molecule has 6 nitrogen and oxygen atoms in total. The summed E-state index contributed by atoms with van der Waals surface area (Å²) in [5.41, 5.74) is 6.30. The molecule has 2 aromatic heterocycles. The number of carbonyl (C=O) groups excluding carboxylic acids is 1. The lowest BCUT2D eigenvalue weighted by atomic mass is 9.92. The van der Waals surface area contributed by atoms with Crippen LogP contribution in [0.1, 0.15) is 81.2 Å². The first-order valence-corrected chi connectivity index (χ1v) is 11.4. The average Bonchev–Trinajstić information content (AvgIpc) is 3.31. The number of amides is 1. The van der Waals surface area contributed by atoms with Crippen molar-refractivity contribution in [3.05, 3.63) is 53.5 Å². The van der Waals surface area contributed by atoms with Gasteiger partial charge in [-0.25, -0.2) is 4.98 Å². The van der Waals surface area contributed by atoms with Gasteiger partial charge in [-0.1, -0.05) is 77.5 Å². The Morgan fingerprint density at radius 2 is 1.56 bits per heavy atom. The molecule has 1 aromatic carbocycles. The molecule has 0 saturated heterocycles. The van der Waals surface area contributed by atoms with Crippen LogP contribution in [0, 0.1) is 0 Å². The second-order valence-corrected chi connectivity index (χ2v) is 9.23. The molecule has 0 aliphatic heterocycles. The number of nitrogens with one attached hydrogen (secondary N) is 2. The molecule has 0 radical (unpaired) electrons. The van der Waals surface area contributed by atoms with Crippen LogP contribution >= 0.6 is 0 Å². The number of fused-ring (bicyclic) bond motifs is 1. The molecular weight excluding hydrogens is 443 g/mol. The number of rotatable bonds is 1. The molecule has 9 heteroatoms. The maximum Gasteiger partial charge on any atom is 0.433 e. The Labute approximate surface area is 198 Å². The second-order valence-electron chi connectivity index (χ2n) is 9.23. The minimum absolute atomic E-state index is 0.000723. The number of anilines is 1. The van der Waals surface area contributed by atoms with E-state index in [0.717, 1.165) is 11.8 Å². The Hall–Kier alpha value is -3.10. The zero-order valence-electron chi connectivity index (χ0n) is 20.2. The SMILES string of the molecule is C1CCCCC1.CNC(=O)c1cc(C(C)(C)C)[nH]n1.Nc1cc(C(F)(F)F)nc2ccccc12. The number of nitrogens with zero attached hydrogens (tertiary/aromatic N) is 2. The Balaban J connectivity index is 0.000000195. The van der Waals surface area contributed by atoms with Gasteiger partial charge in [0, 0.05) is 29.2 Å². The van der Waals surface area contributed by atoms with Crippen molar-refractivity contribution in [2.24, 2.45) is 0 Å². The van der Waals surface area contributed by atoms with E-state index >= 15 is 0 Å². The Morgan fingerprint density at radius 3 is 2.03 bits per heavy atom. The predicted molar refractivity (Wildman–Crippen MR) is 130 cm³/mol. The maximum absolute atomic E-state index is 12.4. The lowest BCUT2D eigenvalue weighted by Crippen LogP contribution is -2.18. The summed E-state index contributed by atoms with van der Waals surface area (Å²) in [6.07, 6.45) is 4.54. The van der Waals surface area contributed by atoms with E-state index in [1.54, 1.807) is 31.3 Å². The molecule has 0 unspecified atom stereocenters. The summed E-state index contributed by atoms with van der Waals surface area (Å²) in [6, 6.07) is 9.09. The lowest BCUT2D eigenvalue weighted by molar-refractivity contribution is -0.140. The molecule has 0 spiro atoms. The molecule has 1 saturated carbocycles. The fourth-order valence-electron chi connectivity index (χ4n) is 3.36. The van der Waals surface area contributed by atoms with Crippen molar-refractivity contribution in [2.75, 3.05) is 12.8 Å². The van der Waals surface area contributed by atoms with Gasteiger partial charge in [0.1, 0.15) is 11.4 Å². The number of aromatic amines is 1. The number of hydrogen-bond donors (Lipinski definition) is 3. The van der Waals surface area contributed by atoms with Gasteiger partial charge in [0.05, 0.1) is 5.52 Å². The summed E-state index contributed by atoms with van der Waals surface area (Å²) in [6.45, 7) is 6.19. The molecule has 0 bridgehead atoms. The third-order valence-corrected chi connectivity index (χ3v) is 5.38. The van der Waals surface area contributed by atoms with Crippen LogP contribution in [0.2, 0.25) is 0 Å². The van der Waals surface area contributed by atoms with Gasteiger partial charge in [-0.2, -0.15) is 18.3 Å². The highest BCUT2D eigenvalue weighted by atomic mass is 19.4. The van der Waals surface area contributed by atoms with E-state index in [1.807, 2.05) is 0 Å². The molecule has 0 atom stereocenters. The Morgan fingerprint density at radius 1 is 1.00 bits per heavy atom. The predicted octanol–water partition coefficient (Wildman–Crippen LogP) is 6.24. The molecule has 1 aliphatic rings. The van der Waals surface area contributed by atoms with Crippen LogP contribution in [0.25, 0.3) is 10.9 Å². The first-order valence-electron chi connectivity index (χ1n) is 11.4. The van der Waals surface area contributed by atoms with Crippen LogP contribution in [0.3, 0.4) is 0 Å². The molecule has 4 N–H and O–H groups in total. The largest absolute Gasteiger partial charge is 0.433 e. The highest BCUT2D eigenvalue weighted by Crippen LogP contribution is 2.31. The standard InChI is InChI=1S/C10H7F3N2.C9H15N3O.C6H12/c11-10(12,13)9-5-7(14)6-3-1-2-4-8(6)15-9;1-9(2,3)7-5-6(11-12-7)8(13)10-4;1-2-4-6-5-3-1/h1-5H,(H2,14,15);5H,1-4H3,(H,10,13)(H,11,12);1-6H2. The quantitative estimate of drug-likeness (QED) is 0.386. The number of nitrogen functional groups attached to an aromatic ring is 1. The van der Waals surface area contributed by atoms with Crippen LogP contribution in [-0.2, 0) is 11.6 Å². The average molecular weight is 478 g/mol. The van der Waals surface area contributed by atoms with Crippen LogP contribution < -0.4 is 11.1 Å². The van der Waals surface area contributed by atoms with Crippen LogP contribution in [-0.4, -0.2) is 28.1 Å². The zero-order valence-corrected chi connectivity index (χ0v) is 20.2. The molecular formula is C25H34F3N5O. The zero-order chi connectivity index (χ0) is 25.4. The van der Waals surface area contributed by atoms with Crippen molar-refractivity contribution in [3.63, 3.8) is 0 Å². The van der Waals surface area contributed by atoms with Gasteiger partial charge in [0.15, 0.2) is 0 Å². The van der Waals surface area contributed by atoms with Gasteiger partial charge in [0.25, 0.3) is 5.91 Å². The molecule has 4 rings (SSSR count). The van der Waals surface area contributed by atoms with Crippen molar-refractivity contribution in [1.82, 2.24) is 20.5 Å². The van der Waals surface area contributed by atoms with E-state index in [4.69, 9.17) is 5.73 Å². The summed E-state index contributed by atoms with van der Waals surface area (Å²) < 4.78 is 37.1. The lowest BCUT2D eigenvalue weighted by Gasteiger charge is -2.14. The molecule has 1 aliphatic carbocycles. The smallest absolute Gasteiger partial charge is 0.398 e. The summed E-state index contributed by atoms with van der Waals surface area (Å²) in [5, 5.41) is 9.82. The van der Waals surface area contributed by atoms with Crippen LogP contribution in [0.5, 0.6) is 0 Å². The molecule has 186 valence electrons. The van der Waals surface area contributed by atoms with E-state index in [-0.39, 0.29) is 22.5 Å². The van der Waals surface area contributed by atoms with Crippen molar-refractivity contribution < 1.29 is 18.0 Å². The number of halogens is 3. The minimum atomic E-state index is -4.46. The van der Waals surface area contributed by atoms with Gasteiger partial charge in [-0.3, -0.25) is 9.89 Å². The number of aromatic nitrogens is 3. The number of H-pyrrole nitrogens is 1. The van der Waals surface area contributed by atoms with Crippen molar-refractivity contribution in [1.29, 1.82) is 0 Å². The third-order valence-electron chi connectivity index (χ3n) is 5.38. The maximum atomic E-state index is 12.4. The number of nitrogens with two attached hydrogens (primary N) is 1. The van der Waals surface area contributed by atoms with E-state index in [1.165, 1.54) is 44.6 Å². The van der Waals surface area contributed by atoms with Crippen LogP contribution in [0.4, 0.5) is 18.9 Å². The van der Waals surface area contributed by atoms with E-state index in [9.17, 15) is 18.0 Å². The number of pyridine rings is 1. The molecule has 3 aromatic rings. The third kappa shape index (κ3) is 8.04. The summed E-state index contributed by atoms with van der Waals surface area (Å²) in [7, 11) is 1.59. The number of hydrogen-bond acceptors (Lipinski definition) is 4. The Bertz CT molecular complexity index is 1050. The monoisotopic (exact) mass is 477 g/mol. The topological polar surface area (TPSA) is 96.7 Å². The van der Waals surface area contributed by atoms with E-state index < -0.39 is 11.9 Å². The molecule has 34 heavy (non-hydrogen) atoms. The van der Waals surface area contributed by atoms with E-state index in [2.05, 4.69) is 41.3 Å². The molecule has 1 fully saturated rings. The van der Waals surface area contributed by atoms with Crippen LogP contribution in [0.15, 0.2) is 36.4 Å². The second kappa shape index (κ2) is 11.9. The summed E-state index contributed by atoms with van der Waals surface area (Å²) >= 11 is 0. The summed E-state index contributed by atoms with van der Waals surface area (Å²) in [5.74, 6) is -0.160. The first-order chi connectivity index (χ1) is 15.9. The van der Waals surface area contributed by atoms with Gasteiger partial charge in [-0.15, -0.1) is 0 Å². The first kappa shape index (κ1) is 27.1. The summed E-state index contributed by atoms with van der Waals surface area (Å²) in [4.78, 5) is 14.7. The highest BCUT2D eigenvalue weighted by Gasteiger charge is 2.33. The molecule has 1 amide bonds. The fraction of sp³-hybridized carbons (Fsp3) is 0.480. The normalized spacial score (nSPS) is 13.9. The number of alkyl halides is 3. The highest BCUT2D eigenvalue weighted by molar-refractivity contribution is 5.92. The van der Waals surface area contributed by atoms with Gasteiger partial charge in [-0.05, 0) is 18.2 Å². The molecule has 2 heterocycles. The number of benzene rings is 1. The van der Waals surface area contributed by atoms with Gasteiger partial charge >= 0.3 is 6.18 Å². The van der Waals surface area contributed by atoms with E-state index in [0.29, 0.717) is 11.1 Å². The minimum Gasteiger partial charge on any atom is -0.398 e. The Kier molecular flexibility index (Phi) is 9.46. The van der Waals surface area contributed by atoms with Crippen molar-refractivity contribution in [3.8, 4) is 0 Å². The van der Waals surface area contributed by atoms with Gasteiger partial charge in [0.2, 0.25) is 0 Å². The van der Waals surface area contributed by atoms with Crippen molar-refractivity contribution >= 4 is 22.5 Å². The fourth-order valence-corrected chi connectivity index (χ4v) is 3.36. The number of para-hydroxylation sites is 1.